The summed E-state index contributed by atoms with van der Waals surface area (Å²) in [6.07, 6.45) is 1.62. The van der Waals surface area contributed by atoms with E-state index >= 15 is 0 Å². The summed E-state index contributed by atoms with van der Waals surface area (Å²) in [5, 5.41) is 2.91. The molecule has 0 atom stereocenters. The van der Waals surface area contributed by atoms with Crippen LogP contribution in [-0.4, -0.2) is 20.4 Å². The number of nitrogens with zero attached hydrogens (tertiary/aromatic N) is 1. The molecule has 0 saturated carbocycles. The predicted molar refractivity (Wildman–Crippen MR) is 74.5 cm³/mol. The van der Waals surface area contributed by atoms with Crippen LogP contribution < -0.4 is 10.0 Å². The van der Waals surface area contributed by atoms with Crippen LogP contribution in [0.5, 0.6) is 0 Å². The van der Waals surface area contributed by atoms with Gasteiger partial charge in [0.2, 0.25) is 10.0 Å². The van der Waals surface area contributed by atoms with Gasteiger partial charge in [0.15, 0.2) is 0 Å². The highest BCUT2D eigenvalue weighted by Gasteiger charge is 2.21. The minimum atomic E-state index is -3.60. The molecule has 6 nitrogen and oxygen atoms in total. The molecule has 2 rings (SSSR count). The zero-order valence-corrected chi connectivity index (χ0v) is 12.2. The van der Waals surface area contributed by atoms with Crippen LogP contribution in [0, 0.1) is 6.92 Å². The van der Waals surface area contributed by atoms with Crippen LogP contribution in [0.15, 0.2) is 39.8 Å². The van der Waals surface area contributed by atoms with Crippen molar-refractivity contribution in [2.75, 3.05) is 7.05 Å². The molecule has 2 heterocycles. The van der Waals surface area contributed by atoms with Gasteiger partial charge in [-0.15, -0.1) is 0 Å². The predicted octanol–water partition coefficient (Wildman–Crippen LogP) is 1.18. The summed E-state index contributed by atoms with van der Waals surface area (Å²) in [5.74, 6) is 0.965. The van der Waals surface area contributed by atoms with E-state index in [1.165, 1.54) is 6.07 Å². The number of hydrogen-bond donors (Lipinski definition) is 2. The standard InChI is InChI=1S/C13H17N3O3S/c1-10-13(7-12(19-10)9-14-2)20(17,18)16-8-11-5-3-4-6-15-11/h3-7,14,16H,8-9H2,1-2H3. The first-order chi connectivity index (χ1) is 9.53. The lowest BCUT2D eigenvalue weighted by molar-refractivity contribution is 0.465. The molecule has 108 valence electrons. The van der Waals surface area contributed by atoms with Crippen LogP contribution in [-0.2, 0) is 23.1 Å². The maximum absolute atomic E-state index is 12.2. The quantitative estimate of drug-likeness (QED) is 0.836. The topological polar surface area (TPSA) is 84.2 Å². The van der Waals surface area contributed by atoms with Gasteiger partial charge >= 0.3 is 0 Å². The van der Waals surface area contributed by atoms with E-state index in [0.29, 0.717) is 23.8 Å². The van der Waals surface area contributed by atoms with Gasteiger partial charge in [-0.05, 0) is 26.1 Å². The highest BCUT2D eigenvalue weighted by molar-refractivity contribution is 7.89. The van der Waals surface area contributed by atoms with Crippen LogP contribution in [0.3, 0.4) is 0 Å². The normalized spacial score (nSPS) is 11.7. The van der Waals surface area contributed by atoms with Gasteiger partial charge in [-0.2, -0.15) is 0 Å². The Morgan fingerprint density at radius 2 is 2.10 bits per heavy atom. The molecular weight excluding hydrogens is 278 g/mol. The highest BCUT2D eigenvalue weighted by atomic mass is 32.2. The number of aromatic nitrogens is 1. The van der Waals surface area contributed by atoms with Gasteiger partial charge in [0.25, 0.3) is 0 Å². The lowest BCUT2D eigenvalue weighted by atomic mass is 10.4. The molecule has 2 aromatic heterocycles. The molecule has 0 fully saturated rings. The van der Waals surface area contributed by atoms with Crippen molar-refractivity contribution in [3.8, 4) is 0 Å². The Kier molecular flexibility index (Phi) is 4.53. The number of aryl methyl sites for hydroxylation is 1. The van der Waals surface area contributed by atoms with Crippen molar-refractivity contribution in [3.63, 3.8) is 0 Å². The Balaban J connectivity index is 2.14. The molecule has 0 saturated heterocycles. The Labute approximate surface area is 118 Å². The Morgan fingerprint density at radius 3 is 2.75 bits per heavy atom. The van der Waals surface area contributed by atoms with Gasteiger partial charge in [0.1, 0.15) is 16.4 Å². The molecule has 0 spiro atoms. The summed E-state index contributed by atoms with van der Waals surface area (Å²) in [7, 11) is -1.83. The molecule has 0 aliphatic rings. The zero-order valence-electron chi connectivity index (χ0n) is 11.4. The van der Waals surface area contributed by atoms with Gasteiger partial charge in [0.05, 0.1) is 18.8 Å². The maximum atomic E-state index is 12.2. The number of sulfonamides is 1. The lowest BCUT2D eigenvalue weighted by Gasteiger charge is -2.04. The number of nitrogens with one attached hydrogen (secondary N) is 2. The average Bonchev–Trinajstić information content (AvgIpc) is 2.80. The monoisotopic (exact) mass is 295 g/mol. The number of hydrogen-bond acceptors (Lipinski definition) is 5. The molecule has 7 heteroatoms. The summed E-state index contributed by atoms with van der Waals surface area (Å²) in [4.78, 5) is 4.24. The minimum Gasteiger partial charge on any atom is -0.464 e. The van der Waals surface area contributed by atoms with E-state index in [9.17, 15) is 8.42 Å². The second kappa shape index (κ2) is 6.17. The van der Waals surface area contributed by atoms with E-state index < -0.39 is 10.0 Å². The van der Waals surface area contributed by atoms with Crippen LogP contribution in [0.2, 0.25) is 0 Å². The summed E-state index contributed by atoms with van der Waals surface area (Å²) < 4.78 is 32.4. The van der Waals surface area contributed by atoms with Crippen molar-refractivity contribution in [1.29, 1.82) is 0 Å². The molecule has 0 radical (unpaired) electrons. The molecule has 20 heavy (non-hydrogen) atoms. The fourth-order valence-electron chi connectivity index (χ4n) is 1.80. The van der Waals surface area contributed by atoms with Gasteiger partial charge < -0.3 is 9.73 Å². The Morgan fingerprint density at radius 1 is 1.30 bits per heavy atom. The number of rotatable bonds is 6. The van der Waals surface area contributed by atoms with E-state index in [1.54, 1.807) is 32.3 Å². The average molecular weight is 295 g/mol. The third kappa shape index (κ3) is 3.44. The van der Waals surface area contributed by atoms with Crippen LogP contribution in [0.4, 0.5) is 0 Å². The Bertz CT molecular complexity index is 665. The molecule has 2 aromatic rings. The smallest absolute Gasteiger partial charge is 0.244 e. The fourth-order valence-corrected chi connectivity index (χ4v) is 3.00. The maximum Gasteiger partial charge on any atom is 0.244 e. The second-order valence-corrected chi connectivity index (χ2v) is 6.04. The molecule has 0 aliphatic heterocycles. The first-order valence-corrected chi connectivity index (χ1v) is 7.65. The second-order valence-electron chi connectivity index (χ2n) is 4.31. The van der Waals surface area contributed by atoms with E-state index in [4.69, 9.17) is 4.42 Å². The summed E-state index contributed by atoms with van der Waals surface area (Å²) in [6.45, 7) is 2.26. The van der Waals surface area contributed by atoms with Crippen molar-refractivity contribution in [2.24, 2.45) is 0 Å². The third-order valence-electron chi connectivity index (χ3n) is 2.73. The summed E-state index contributed by atoms with van der Waals surface area (Å²) >= 11 is 0. The van der Waals surface area contributed by atoms with Gasteiger partial charge in [-0.1, -0.05) is 6.07 Å². The van der Waals surface area contributed by atoms with Crippen molar-refractivity contribution in [1.82, 2.24) is 15.0 Å². The van der Waals surface area contributed by atoms with Crippen molar-refractivity contribution < 1.29 is 12.8 Å². The van der Waals surface area contributed by atoms with Gasteiger partial charge in [-0.3, -0.25) is 4.98 Å². The Hall–Kier alpha value is -1.70. The fraction of sp³-hybridized carbons (Fsp3) is 0.308. The SMILES string of the molecule is CNCc1cc(S(=O)(=O)NCc2ccccn2)c(C)o1. The largest absolute Gasteiger partial charge is 0.464 e. The van der Waals surface area contributed by atoms with Gasteiger partial charge in [-0.25, -0.2) is 13.1 Å². The molecule has 0 bridgehead atoms. The van der Waals surface area contributed by atoms with Gasteiger partial charge in [0, 0.05) is 12.3 Å². The van der Waals surface area contributed by atoms with Crippen LogP contribution >= 0.6 is 0 Å². The molecule has 0 aromatic carbocycles. The molecule has 0 aliphatic carbocycles. The third-order valence-corrected chi connectivity index (χ3v) is 4.24. The van der Waals surface area contributed by atoms with Crippen molar-refractivity contribution >= 4 is 10.0 Å². The molecular formula is C13H17N3O3S. The number of furan rings is 1. The molecule has 2 N–H and O–H groups in total. The van der Waals surface area contributed by atoms with Crippen LogP contribution in [0.25, 0.3) is 0 Å². The van der Waals surface area contributed by atoms with Crippen molar-refractivity contribution in [3.05, 3.63) is 47.7 Å². The van der Waals surface area contributed by atoms with E-state index in [-0.39, 0.29) is 11.4 Å². The highest BCUT2D eigenvalue weighted by Crippen LogP contribution is 2.20. The summed E-state index contributed by atoms with van der Waals surface area (Å²) in [6, 6.07) is 6.89. The van der Waals surface area contributed by atoms with E-state index in [0.717, 1.165) is 0 Å². The van der Waals surface area contributed by atoms with E-state index in [1.807, 2.05) is 6.07 Å². The number of pyridine rings is 1. The summed E-state index contributed by atoms with van der Waals surface area (Å²) in [5.41, 5.74) is 0.660. The van der Waals surface area contributed by atoms with Crippen LogP contribution in [0.1, 0.15) is 17.2 Å². The first-order valence-electron chi connectivity index (χ1n) is 6.16. The lowest BCUT2D eigenvalue weighted by Crippen LogP contribution is -2.23. The van der Waals surface area contributed by atoms with E-state index in [2.05, 4.69) is 15.0 Å². The zero-order chi connectivity index (χ0) is 14.6. The van der Waals surface area contributed by atoms with Crippen molar-refractivity contribution in [2.45, 2.75) is 24.9 Å². The first kappa shape index (κ1) is 14.7. The molecule has 0 unspecified atom stereocenters. The minimum absolute atomic E-state index is 0.148. The molecule has 0 amide bonds.